The van der Waals surface area contributed by atoms with Crippen LogP contribution in [0.3, 0.4) is 0 Å². The Bertz CT molecular complexity index is 492. The Hall–Kier alpha value is -1.42. The molecule has 0 bridgehead atoms. The lowest BCUT2D eigenvalue weighted by Crippen LogP contribution is -2.27. The van der Waals surface area contributed by atoms with Gasteiger partial charge in [-0.25, -0.2) is 0 Å². The normalized spacial score (nSPS) is 18.7. The van der Waals surface area contributed by atoms with E-state index in [2.05, 4.69) is 25.2 Å². The third-order valence-electron chi connectivity index (χ3n) is 4.81. The topological polar surface area (TPSA) is 39.7 Å². The van der Waals surface area contributed by atoms with Crippen molar-refractivity contribution >= 4 is 0 Å². The first-order chi connectivity index (χ1) is 10.1. The van der Waals surface area contributed by atoms with E-state index in [1.54, 1.807) is 7.11 Å². The summed E-state index contributed by atoms with van der Waals surface area (Å²) in [5.74, 6) is 3.03. The van der Waals surface area contributed by atoms with Crippen LogP contribution in [0.5, 0.6) is 17.2 Å². The molecule has 1 aromatic carbocycles. The van der Waals surface area contributed by atoms with E-state index in [9.17, 15) is 0 Å². The molecular weight excluding hydrogens is 266 g/mol. The van der Waals surface area contributed by atoms with Crippen molar-refractivity contribution in [2.75, 3.05) is 26.9 Å². The van der Waals surface area contributed by atoms with Gasteiger partial charge in [0.1, 0.15) is 13.2 Å². The Labute approximate surface area is 126 Å². The van der Waals surface area contributed by atoms with Crippen LogP contribution in [0.25, 0.3) is 0 Å². The first-order valence-electron chi connectivity index (χ1n) is 7.82. The van der Waals surface area contributed by atoms with Crippen molar-refractivity contribution in [1.29, 1.82) is 0 Å². The van der Waals surface area contributed by atoms with Gasteiger partial charge in [0, 0.05) is 13.1 Å². The fraction of sp³-hybridized carbons (Fsp3) is 0.647. The Kier molecular flexibility index (Phi) is 3.98. The standard InChI is InChI=1S/C17H25NO3/c1-12(2)17(4-5-17)11-18-10-13-8-14(19-3)16-15(9-13)20-6-7-21-16/h8-9,12,18H,4-7,10-11H2,1-3H3. The molecule has 0 saturated heterocycles. The largest absolute Gasteiger partial charge is 0.493 e. The van der Waals surface area contributed by atoms with Crippen LogP contribution in [-0.2, 0) is 6.54 Å². The molecule has 4 nitrogen and oxygen atoms in total. The molecule has 1 heterocycles. The van der Waals surface area contributed by atoms with Gasteiger partial charge in [0.15, 0.2) is 11.5 Å². The number of hydrogen-bond donors (Lipinski definition) is 1. The van der Waals surface area contributed by atoms with E-state index >= 15 is 0 Å². The van der Waals surface area contributed by atoms with Crippen LogP contribution in [0.2, 0.25) is 0 Å². The highest BCUT2D eigenvalue weighted by Crippen LogP contribution is 2.51. The summed E-state index contributed by atoms with van der Waals surface area (Å²) in [5, 5.41) is 3.59. The van der Waals surface area contributed by atoms with E-state index in [0.717, 1.165) is 36.3 Å². The lowest BCUT2D eigenvalue weighted by Gasteiger charge is -2.22. The Morgan fingerprint density at radius 1 is 1.24 bits per heavy atom. The lowest BCUT2D eigenvalue weighted by atomic mass is 9.92. The van der Waals surface area contributed by atoms with Gasteiger partial charge < -0.3 is 19.5 Å². The highest BCUT2D eigenvalue weighted by atomic mass is 16.6. The zero-order valence-electron chi connectivity index (χ0n) is 13.2. The Morgan fingerprint density at radius 2 is 2.00 bits per heavy atom. The van der Waals surface area contributed by atoms with Gasteiger partial charge in [-0.05, 0) is 41.9 Å². The van der Waals surface area contributed by atoms with Crippen LogP contribution in [0.4, 0.5) is 0 Å². The monoisotopic (exact) mass is 291 g/mol. The quantitative estimate of drug-likeness (QED) is 0.874. The second-order valence-electron chi connectivity index (χ2n) is 6.44. The molecule has 0 radical (unpaired) electrons. The average Bonchev–Trinajstić information content (AvgIpc) is 3.27. The third-order valence-corrected chi connectivity index (χ3v) is 4.81. The maximum absolute atomic E-state index is 5.67. The first-order valence-corrected chi connectivity index (χ1v) is 7.82. The minimum absolute atomic E-state index is 0.526. The van der Waals surface area contributed by atoms with Crippen molar-refractivity contribution in [1.82, 2.24) is 5.32 Å². The summed E-state index contributed by atoms with van der Waals surface area (Å²) in [4.78, 5) is 0. The van der Waals surface area contributed by atoms with E-state index in [-0.39, 0.29) is 0 Å². The molecule has 0 aromatic heterocycles. The molecule has 0 amide bonds. The molecule has 1 aliphatic heterocycles. The van der Waals surface area contributed by atoms with Gasteiger partial charge >= 0.3 is 0 Å². The molecule has 0 spiro atoms. The SMILES string of the molecule is COc1cc(CNCC2(C(C)C)CC2)cc2c1OCCO2. The molecule has 21 heavy (non-hydrogen) atoms. The Morgan fingerprint density at radius 3 is 2.67 bits per heavy atom. The van der Waals surface area contributed by atoms with Crippen LogP contribution >= 0.6 is 0 Å². The minimum atomic E-state index is 0.526. The van der Waals surface area contributed by atoms with E-state index < -0.39 is 0 Å². The van der Waals surface area contributed by atoms with Gasteiger partial charge in [-0.2, -0.15) is 0 Å². The number of nitrogens with one attached hydrogen (secondary N) is 1. The summed E-state index contributed by atoms with van der Waals surface area (Å²) in [6, 6.07) is 4.09. The lowest BCUT2D eigenvalue weighted by molar-refractivity contribution is 0.165. The van der Waals surface area contributed by atoms with Crippen molar-refractivity contribution in [3.8, 4) is 17.2 Å². The number of hydrogen-bond acceptors (Lipinski definition) is 4. The zero-order chi connectivity index (χ0) is 14.9. The van der Waals surface area contributed by atoms with Crippen molar-refractivity contribution in [3.63, 3.8) is 0 Å². The summed E-state index contributed by atoms with van der Waals surface area (Å²) in [7, 11) is 1.67. The predicted octanol–water partition coefficient (Wildman–Crippen LogP) is 2.99. The molecule has 4 heteroatoms. The van der Waals surface area contributed by atoms with E-state index in [1.165, 1.54) is 18.4 Å². The van der Waals surface area contributed by atoms with Crippen LogP contribution in [0.15, 0.2) is 12.1 Å². The molecule has 1 saturated carbocycles. The van der Waals surface area contributed by atoms with Gasteiger partial charge in [0.05, 0.1) is 7.11 Å². The number of rotatable bonds is 6. The molecule has 1 aromatic rings. The van der Waals surface area contributed by atoms with Gasteiger partial charge in [-0.15, -0.1) is 0 Å². The molecule has 1 aliphatic carbocycles. The number of ether oxygens (including phenoxy) is 3. The van der Waals surface area contributed by atoms with Crippen molar-refractivity contribution in [3.05, 3.63) is 17.7 Å². The maximum atomic E-state index is 5.67. The summed E-state index contributed by atoms with van der Waals surface area (Å²) in [6.07, 6.45) is 2.70. The number of methoxy groups -OCH3 is 1. The molecular formula is C17H25NO3. The summed E-state index contributed by atoms with van der Waals surface area (Å²) in [6.45, 7) is 7.74. The summed E-state index contributed by atoms with van der Waals surface area (Å²) in [5.41, 5.74) is 1.70. The number of benzene rings is 1. The van der Waals surface area contributed by atoms with Gasteiger partial charge in [-0.1, -0.05) is 13.8 Å². The van der Waals surface area contributed by atoms with Crippen LogP contribution in [0.1, 0.15) is 32.3 Å². The van der Waals surface area contributed by atoms with Crippen molar-refractivity contribution in [2.24, 2.45) is 11.3 Å². The third kappa shape index (κ3) is 2.95. The molecule has 3 rings (SSSR count). The minimum Gasteiger partial charge on any atom is -0.493 e. The van der Waals surface area contributed by atoms with Gasteiger partial charge in [0.25, 0.3) is 0 Å². The maximum Gasteiger partial charge on any atom is 0.203 e. The molecule has 0 unspecified atom stereocenters. The van der Waals surface area contributed by atoms with Crippen molar-refractivity contribution < 1.29 is 14.2 Å². The van der Waals surface area contributed by atoms with Crippen LogP contribution < -0.4 is 19.5 Å². The Balaban J connectivity index is 1.66. The molecule has 2 aliphatic rings. The van der Waals surface area contributed by atoms with Crippen molar-refractivity contribution in [2.45, 2.75) is 33.2 Å². The first kappa shape index (κ1) is 14.5. The zero-order valence-corrected chi connectivity index (χ0v) is 13.2. The van der Waals surface area contributed by atoms with Crippen LogP contribution in [-0.4, -0.2) is 26.9 Å². The molecule has 1 N–H and O–H groups in total. The van der Waals surface area contributed by atoms with Gasteiger partial charge in [-0.3, -0.25) is 0 Å². The van der Waals surface area contributed by atoms with E-state index in [0.29, 0.717) is 18.6 Å². The van der Waals surface area contributed by atoms with E-state index in [1.807, 2.05) is 6.07 Å². The van der Waals surface area contributed by atoms with E-state index in [4.69, 9.17) is 14.2 Å². The number of fused-ring (bicyclic) bond motifs is 1. The van der Waals surface area contributed by atoms with Gasteiger partial charge in [0.2, 0.25) is 5.75 Å². The molecule has 116 valence electrons. The second-order valence-corrected chi connectivity index (χ2v) is 6.44. The summed E-state index contributed by atoms with van der Waals surface area (Å²) >= 11 is 0. The predicted molar refractivity (Wildman–Crippen MR) is 82.2 cm³/mol. The summed E-state index contributed by atoms with van der Waals surface area (Å²) < 4.78 is 16.7. The fourth-order valence-corrected chi connectivity index (χ4v) is 3.00. The second kappa shape index (κ2) is 5.76. The highest BCUT2D eigenvalue weighted by molar-refractivity contribution is 5.54. The van der Waals surface area contributed by atoms with Crippen LogP contribution in [0, 0.1) is 11.3 Å². The smallest absolute Gasteiger partial charge is 0.203 e. The molecule has 0 atom stereocenters. The fourth-order valence-electron chi connectivity index (χ4n) is 3.00. The average molecular weight is 291 g/mol. The molecule has 1 fully saturated rings. The highest BCUT2D eigenvalue weighted by Gasteiger charge is 2.44.